The van der Waals surface area contributed by atoms with E-state index in [0.29, 0.717) is 6.42 Å². The normalized spacial score (nSPS) is 22.2. The molecule has 102 valence electrons. The first-order valence-electron chi connectivity index (χ1n) is 6.10. The summed E-state index contributed by atoms with van der Waals surface area (Å²) in [6.07, 6.45) is 1.59. The lowest BCUT2D eigenvalue weighted by Crippen LogP contribution is -2.49. The fraction of sp³-hybridized carbons (Fsp3) is 0.133. The number of benzene rings is 1. The molecule has 2 heterocycles. The molecule has 0 fully saturated rings. The van der Waals surface area contributed by atoms with Crippen LogP contribution in [0.3, 0.4) is 0 Å². The standard InChI is InChI=1S/C15H12BrNO2S/c16-12-3-1-2-10(6-12)15(11-4-5-20-9-11)8-13(18)7-14(19)17-15/h1-7,9,18H,8H2,(H,17,19)/t15-/m0/s1. The molecule has 0 saturated heterocycles. The van der Waals surface area contributed by atoms with E-state index in [4.69, 9.17) is 0 Å². The number of rotatable bonds is 2. The van der Waals surface area contributed by atoms with Crippen LogP contribution in [0.15, 0.2) is 57.4 Å². The Kier molecular flexibility index (Phi) is 3.40. The summed E-state index contributed by atoms with van der Waals surface area (Å²) in [5.74, 6) is -0.181. The van der Waals surface area contributed by atoms with Crippen molar-refractivity contribution in [1.29, 1.82) is 0 Å². The zero-order chi connectivity index (χ0) is 14.2. The van der Waals surface area contributed by atoms with Crippen molar-refractivity contribution in [3.05, 3.63) is 68.5 Å². The van der Waals surface area contributed by atoms with Gasteiger partial charge in [0, 0.05) is 17.0 Å². The molecule has 20 heavy (non-hydrogen) atoms. The van der Waals surface area contributed by atoms with Gasteiger partial charge in [-0.15, -0.1) is 0 Å². The van der Waals surface area contributed by atoms with Crippen molar-refractivity contribution in [3.8, 4) is 0 Å². The van der Waals surface area contributed by atoms with Gasteiger partial charge in [-0.1, -0.05) is 28.1 Å². The zero-order valence-corrected chi connectivity index (χ0v) is 12.9. The lowest BCUT2D eigenvalue weighted by Gasteiger charge is -2.37. The molecule has 1 amide bonds. The van der Waals surface area contributed by atoms with Gasteiger partial charge < -0.3 is 10.4 Å². The predicted molar refractivity (Wildman–Crippen MR) is 82.7 cm³/mol. The SMILES string of the molecule is O=C1C=C(O)C[C@@](c2ccsc2)(c2cccc(Br)c2)N1. The van der Waals surface area contributed by atoms with E-state index in [9.17, 15) is 9.90 Å². The van der Waals surface area contributed by atoms with Crippen molar-refractivity contribution in [1.82, 2.24) is 5.32 Å². The molecule has 1 aliphatic rings. The number of nitrogens with one attached hydrogen (secondary N) is 1. The molecule has 1 aromatic carbocycles. The number of halogens is 1. The number of amides is 1. The van der Waals surface area contributed by atoms with Crippen LogP contribution in [0.5, 0.6) is 0 Å². The number of hydrogen-bond donors (Lipinski definition) is 2. The first-order chi connectivity index (χ1) is 9.60. The Morgan fingerprint density at radius 1 is 1.30 bits per heavy atom. The molecule has 2 N–H and O–H groups in total. The molecule has 0 radical (unpaired) electrons. The third-order valence-electron chi connectivity index (χ3n) is 3.41. The summed E-state index contributed by atoms with van der Waals surface area (Å²) in [6, 6.07) is 9.77. The molecule has 0 bridgehead atoms. The van der Waals surface area contributed by atoms with Crippen LogP contribution in [-0.4, -0.2) is 11.0 Å². The van der Waals surface area contributed by atoms with E-state index in [2.05, 4.69) is 21.2 Å². The van der Waals surface area contributed by atoms with Gasteiger partial charge >= 0.3 is 0 Å². The Labute approximate surface area is 129 Å². The van der Waals surface area contributed by atoms with Crippen molar-refractivity contribution < 1.29 is 9.90 Å². The van der Waals surface area contributed by atoms with Crippen LogP contribution in [0.4, 0.5) is 0 Å². The molecule has 2 aromatic rings. The van der Waals surface area contributed by atoms with E-state index in [0.717, 1.165) is 15.6 Å². The van der Waals surface area contributed by atoms with Gasteiger partial charge in [-0.25, -0.2) is 0 Å². The highest BCUT2D eigenvalue weighted by Gasteiger charge is 2.39. The Morgan fingerprint density at radius 2 is 2.15 bits per heavy atom. The minimum Gasteiger partial charge on any atom is -0.512 e. The van der Waals surface area contributed by atoms with Crippen molar-refractivity contribution in [2.45, 2.75) is 12.0 Å². The number of thiophene rings is 1. The number of hydrogen-bond acceptors (Lipinski definition) is 3. The summed E-state index contributed by atoms with van der Waals surface area (Å²) < 4.78 is 0.938. The van der Waals surface area contributed by atoms with E-state index in [1.54, 1.807) is 11.3 Å². The summed E-state index contributed by atoms with van der Waals surface area (Å²) in [7, 11) is 0. The molecule has 1 atom stereocenters. The van der Waals surface area contributed by atoms with Gasteiger partial charge in [0.05, 0.1) is 5.54 Å². The molecule has 0 saturated carbocycles. The third-order valence-corrected chi connectivity index (χ3v) is 4.59. The Bertz CT molecular complexity index is 681. The van der Waals surface area contributed by atoms with Gasteiger partial charge in [0.2, 0.25) is 5.91 Å². The molecular formula is C15H12BrNO2S. The average molecular weight is 350 g/mol. The number of carbonyl (C=O) groups is 1. The summed E-state index contributed by atoms with van der Waals surface area (Å²) in [5, 5.41) is 16.9. The fourth-order valence-electron chi connectivity index (χ4n) is 2.54. The number of aliphatic hydroxyl groups excluding tert-OH is 1. The molecule has 0 unspecified atom stereocenters. The Morgan fingerprint density at radius 3 is 2.80 bits per heavy atom. The van der Waals surface area contributed by atoms with Gasteiger partial charge in [-0.05, 0) is 40.1 Å². The van der Waals surface area contributed by atoms with Crippen molar-refractivity contribution in [3.63, 3.8) is 0 Å². The highest BCUT2D eigenvalue weighted by atomic mass is 79.9. The largest absolute Gasteiger partial charge is 0.512 e. The van der Waals surface area contributed by atoms with Crippen LogP contribution in [0.25, 0.3) is 0 Å². The molecule has 1 aromatic heterocycles. The average Bonchev–Trinajstić information content (AvgIpc) is 2.91. The maximum absolute atomic E-state index is 11.9. The Balaban J connectivity index is 2.19. The van der Waals surface area contributed by atoms with Crippen molar-refractivity contribution >= 4 is 33.2 Å². The molecule has 3 rings (SSSR count). The molecule has 3 nitrogen and oxygen atoms in total. The van der Waals surface area contributed by atoms with Crippen LogP contribution in [-0.2, 0) is 10.3 Å². The smallest absolute Gasteiger partial charge is 0.248 e. The molecule has 5 heteroatoms. The second-order valence-electron chi connectivity index (χ2n) is 4.73. The van der Waals surface area contributed by atoms with Gasteiger partial charge in [0.1, 0.15) is 5.76 Å². The molecule has 0 aliphatic carbocycles. The highest BCUT2D eigenvalue weighted by molar-refractivity contribution is 9.10. The summed E-state index contributed by atoms with van der Waals surface area (Å²) in [5.41, 5.74) is 1.21. The molecule has 1 aliphatic heterocycles. The first kappa shape index (κ1) is 13.4. The van der Waals surface area contributed by atoms with Gasteiger partial charge in [0.25, 0.3) is 0 Å². The van der Waals surface area contributed by atoms with E-state index in [-0.39, 0.29) is 11.7 Å². The van der Waals surface area contributed by atoms with Crippen LogP contribution < -0.4 is 5.32 Å². The second-order valence-corrected chi connectivity index (χ2v) is 6.43. The van der Waals surface area contributed by atoms with Crippen molar-refractivity contribution in [2.24, 2.45) is 0 Å². The van der Waals surface area contributed by atoms with E-state index < -0.39 is 5.54 Å². The van der Waals surface area contributed by atoms with Crippen LogP contribution >= 0.6 is 27.3 Å². The quantitative estimate of drug-likeness (QED) is 0.867. The maximum atomic E-state index is 11.9. The van der Waals surface area contributed by atoms with Crippen LogP contribution in [0.1, 0.15) is 17.5 Å². The number of carbonyl (C=O) groups excluding carboxylic acids is 1. The molecular weight excluding hydrogens is 338 g/mol. The van der Waals surface area contributed by atoms with Crippen molar-refractivity contribution in [2.75, 3.05) is 0 Å². The fourth-order valence-corrected chi connectivity index (χ4v) is 3.67. The van der Waals surface area contributed by atoms with E-state index in [1.165, 1.54) is 6.08 Å². The van der Waals surface area contributed by atoms with E-state index in [1.807, 2.05) is 41.1 Å². The summed E-state index contributed by atoms with van der Waals surface area (Å²) in [4.78, 5) is 11.9. The summed E-state index contributed by atoms with van der Waals surface area (Å²) >= 11 is 5.03. The molecule has 0 spiro atoms. The monoisotopic (exact) mass is 349 g/mol. The van der Waals surface area contributed by atoms with Gasteiger partial charge in [-0.3, -0.25) is 4.79 Å². The topological polar surface area (TPSA) is 49.3 Å². The lowest BCUT2D eigenvalue weighted by atomic mass is 9.79. The zero-order valence-electron chi connectivity index (χ0n) is 10.5. The van der Waals surface area contributed by atoms with Crippen LogP contribution in [0, 0.1) is 0 Å². The third kappa shape index (κ3) is 2.27. The number of aliphatic hydroxyl groups is 1. The predicted octanol–water partition coefficient (Wildman–Crippen LogP) is 3.72. The lowest BCUT2D eigenvalue weighted by molar-refractivity contribution is -0.119. The van der Waals surface area contributed by atoms with Gasteiger partial charge in [0.15, 0.2) is 0 Å². The minimum atomic E-state index is -0.709. The Hall–Kier alpha value is -1.59. The highest BCUT2D eigenvalue weighted by Crippen LogP contribution is 2.39. The maximum Gasteiger partial charge on any atom is 0.248 e. The minimum absolute atomic E-state index is 0.0972. The first-order valence-corrected chi connectivity index (χ1v) is 7.84. The summed E-state index contributed by atoms with van der Waals surface area (Å²) in [6.45, 7) is 0. The second kappa shape index (κ2) is 5.07. The van der Waals surface area contributed by atoms with E-state index >= 15 is 0 Å². The van der Waals surface area contributed by atoms with Crippen LogP contribution in [0.2, 0.25) is 0 Å². The van der Waals surface area contributed by atoms with Gasteiger partial charge in [-0.2, -0.15) is 11.3 Å².